The molecule has 0 aromatic rings. The third kappa shape index (κ3) is 4.30. The van der Waals surface area contributed by atoms with Crippen LogP contribution < -0.4 is 0 Å². The Hall–Kier alpha value is -0.540. The van der Waals surface area contributed by atoms with Crippen LogP contribution in [-0.2, 0) is 23.7 Å². The van der Waals surface area contributed by atoms with Gasteiger partial charge < -0.3 is 28.8 Å². The van der Waals surface area contributed by atoms with Gasteiger partial charge in [0.25, 0.3) is 0 Å². The highest BCUT2D eigenvalue weighted by Gasteiger charge is 2.91. The number of nitrogens with zero attached hydrogens (tertiary/aromatic N) is 1. The van der Waals surface area contributed by atoms with E-state index in [4.69, 9.17) is 23.7 Å². The zero-order chi connectivity index (χ0) is 29.5. The Balaban J connectivity index is 0.889. The molecule has 12 atom stereocenters. The molecule has 7 heteroatoms. The van der Waals surface area contributed by atoms with Crippen molar-refractivity contribution in [2.45, 2.75) is 102 Å². The summed E-state index contributed by atoms with van der Waals surface area (Å²) in [6, 6.07) is 0.578. The summed E-state index contributed by atoms with van der Waals surface area (Å²) in [7, 11) is 1.69. The predicted molar refractivity (Wildman–Crippen MR) is 164 cm³/mol. The van der Waals surface area contributed by atoms with Crippen LogP contribution in [0.5, 0.6) is 0 Å². The summed E-state index contributed by atoms with van der Waals surface area (Å²) < 4.78 is 29.6. The van der Waals surface area contributed by atoms with Crippen molar-refractivity contribution in [3.63, 3.8) is 0 Å². The van der Waals surface area contributed by atoms with Gasteiger partial charge in [-0.15, -0.1) is 0 Å². The molecule has 43 heavy (non-hydrogen) atoms. The maximum absolute atomic E-state index is 10.5. The van der Waals surface area contributed by atoms with Crippen molar-refractivity contribution in [3.8, 4) is 0 Å². The summed E-state index contributed by atoms with van der Waals surface area (Å²) in [4.78, 5) is 2.77. The number of ether oxygens (including phenoxy) is 5. The van der Waals surface area contributed by atoms with Crippen LogP contribution in [0, 0.1) is 45.8 Å². The molecule has 7 nitrogen and oxygen atoms in total. The molecule has 2 aliphatic heterocycles. The minimum Gasteiger partial charge on any atom is -0.393 e. The van der Waals surface area contributed by atoms with Crippen LogP contribution in [0.3, 0.4) is 0 Å². The molecule has 0 amide bonds. The lowest BCUT2D eigenvalue weighted by atomic mass is 9.47. The van der Waals surface area contributed by atoms with Crippen molar-refractivity contribution in [2.75, 3.05) is 66.4 Å². The number of aliphatic hydroxyl groups is 1. The Morgan fingerprint density at radius 3 is 2.51 bits per heavy atom. The summed E-state index contributed by atoms with van der Waals surface area (Å²) in [5.41, 5.74) is 3.08. The fourth-order valence-corrected chi connectivity index (χ4v) is 13.0. The second-order valence-electron chi connectivity index (χ2n) is 16.3. The van der Waals surface area contributed by atoms with Crippen LogP contribution in [0.15, 0.2) is 11.6 Å². The number of methoxy groups -OCH3 is 1. The highest BCUT2D eigenvalue weighted by molar-refractivity contribution is 5.42. The Kier molecular flexibility index (Phi) is 7.65. The van der Waals surface area contributed by atoms with Gasteiger partial charge in [0.2, 0.25) is 0 Å². The molecule has 2 unspecified atom stereocenters. The lowest BCUT2D eigenvalue weighted by Gasteiger charge is -2.60. The Morgan fingerprint density at radius 1 is 0.953 bits per heavy atom. The second kappa shape index (κ2) is 11.0. The molecule has 0 bridgehead atoms. The van der Waals surface area contributed by atoms with E-state index in [1.807, 2.05) is 0 Å². The van der Waals surface area contributed by atoms with Gasteiger partial charge in [-0.25, -0.2) is 0 Å². The van der Waals surface area contributed by atoms with Crippen LogP contribution >= 0.6 is 0 Å². The molecule has 2 heterocycles. The number of hydrogen-bond donors (Lipinski definition) is 1. The van der Waals surface area contributed by atoms with Gasteiger partial charge in [0, 0.05) is 37.6 Å². The number of piperidine rings is 1. The van der Waals surface area contributed by atoms with Gasteiger partial charge in [-0.05, 0) is 98.7 Å². The maximum Gasteiger partial charge on any atom is 0.0793 e. The normalized spacial score (nSPS) is 50.7. The molecule has 8 aliphatic rings. The van der Waals surface area contributed by atoms with Crippen LogP contribution in [-0.4, -0.2) is 100 Å². The Bertz CT molecular complexity index is 1080. The van der Waals surface area contributed by atoms with E-state index in [9.17, 15) is 5.11 Å². The van der Waals surface area contributed by atoms with Crippen molar-refractivity contribution < 1.29 is 28.8 Å². The SMILES string of the molecule is COCCOCCOCCOCCN1C[C@@H](C)C[C@H]2O[C@@]34CC[C@H]5[C@@H]6CC=C7C[C@@H](O)CC[C@]7(C)[C@H]6CC56CC63C[C@@H]4[C@@H]21. The summed E-state index contributed by atoms with van der Waals surface area (Å²) in [6.07, 6.45) is 15.5. The van der Waals surface area contributed by atoms with Crippen molar-refractivity contribution >= 4 is 0 Å². The highest BCUT2D eigenvalue weighted by Crippen LogP contribution is 2.93. The van der Waals surface area contributed by atoms with Crippen LogP contribution in [0.1, 0.15) is 78.1 Å². The number of aliphatic hydroxyl groups excluding tert-OH is 1. The third-order valence-electron chi connectivity index (χ3n) is 14.7. The number of allylic oxidation sites excluding steroid dienone is 1. The summed E-state index contributed by atoms with van der Waals surface area (Å²) in [5.74, 6) is 3.98. The van der Waals surface area contributed by atoms with Crippen molar-refractivity contribution in [1.82, 2.24) is 4.90 Å². The molecule has 8 rings (SSSR count). The first kappa shape index (κ1) is 29.8. The van der Waals surface area contributed by atoms with Gasteiger partial charge in [0.15, 0.2) is 0 Å². The molecule has 7 fully saturated rings. The quantitative estimate of drug-likeness (QED) is 0.254. The van der Waals surface area contributed by atoms with Crippen LogP contribution in [0.2, 0.25) is 0 Å². The standard InChI is InChI=1S/C36H57NO6/c1-24-18-31-32(37(22-24)10-11-40-14-15-42-17-16-41-13-12-39-3)30-21-35-23-34(35)20-29-27(28(34)7-9-36(30,35)43-31)5-4-25-19-26(38)6-8-33(25,29)2/h4,24,26-32,38H,5-23H2,1-3H3/t24-,26-,27-,28-,29-,30+,31+,32-,33-,34?,35?,36+/m0/s1. The van der Waals surface area contributed by atoms with Crippen molar-refractivity contribution in [3.05, 3.63) is 11.6 Å². The van der Waals surface area contributed by atoms with E-state index < -0.39 is 0 Å². The number of rotatable bonds is 12. The number of hydrogen-bond acceptors (Lipinski definition) is 7. The van der Waals surface area contributed by atoms with Gasteiger partial charge in [-0.2, -0.15) is 0 Å². The van der Waals surface area contributed by atoms with Crippen molar-refractivity contribution in [1.29, 1.82) is 0 Å². The molecule has 5 saturated carbocycles. The second-order valence-corrected chi connectivity index (χ2v) is 16.3. The minimum absolute atomic E-state index is 0.114. The van der Waals surface area contributed by atoms with Gasteiger partial charge in [0.05, 0.1) is 64.1 Å². The minimum atomic E-state index is -0.114. The Morgan fingerprint density at radius 2 is 1.72 bits per heavy atom. The molecule has 0 radical (unpaired) electrons. The van der Waals surface area contributed by atoms with E-state index in [1.165, 1.54) is 57.9 Å². The predicted octanol–water partition coefficient (Wildman–Crippen LogP) is 4.85. The van der Waals surface area contributed by atoms with Gasteiger partial charge in [0.1, 0.15) is 0 Å². The van der Waals surface area contributed by atoms with E-state index in [1.54, 1.807) is 12.7 Å². The summed E-state index contributed by atoms with van der Waals surface area (Å²) in [6.45, 7) is 11.7. The fraction of sp³-hybridized carbons (Fsp3) is 0.944. The first-order chi connectivity index (χ1) is 20.9. The molecule has 3 spiro atoms. The largest absolute Gasteiger partial charge is 0.393 e. The summed E-state index contributed by atoms with van der Waals surface area (Å²) >= 11 is 0. The average molecular weight is 600 g/mol. The van der Waals surface area contributed by atoms with Gasteiger partial charge >= 0.3 is 0 Å². The molecular formula is C36H57NO6. The number of fused-ring (bicyclic) bond motifs is 6. The lowest BCUT2D eigenvalue weighted by molar-refractivity contribution is -0.211. The third-order valence-corrected chi connectivity index (χ3v) is 14.7. The van der Waals surface area contributed by atoms with Gasteiger partial charge in [-0.3, -0.25) is 4.90 Å². The fourth-order valence-electron chi connectivity index (χ4n) is 13.0. The van der Waals surface area contributed by atoms with Crippen molar-refractivity contribution in [2.24, 2.45) is 45.8 Å². The maximum atomic E-state index is 10.5. The van der Waals surface area contributed by atoms with E-state index in [-0.39, 0.29) is 11.7 Å². The summed E-state index contributed by atoms with van der Waals surface area (Å²) in [5, 5.41) is 10.5. The molecule has 0 aromatic heterocycles. The molecule has 242 valence electrons. The zero-order valence-electron chi connectivity index (χ0n) is 27.1. The zero-order valence-corrected chi connectivity index (χ0v) is 27.1. The van der Waals surface area contributed by atoms with E-state index in [2.05, 4.69) is 24.8 Å². The smallest absolute Gasteiger partial charge is 0.0793 e. The topological polar surface area (TPSA) is 69.6 Å². The average Bonchev–Trinajstić information content (AvgIpc) is 3.47. The van der Waals surface area contributed by atoms with E-state index >= 15 is 0 Å². The van der Waals surface area contributed by atoms with Gasteiger partial charge in [-0.1, -0.05) is 25.5 Å². The Labute approximate surface area is 259 Å². The lowest BCUT2D eigenvalue weighted by Crippen LogP contribution is -2.64. The molecule has 0 aromatic carbocycles. The van der Waals surface area contributed by atoms with E-state index in [0.717, 1.165) is 43.7 Å². The molecule has 2 saturated heterocycles. The van der Waals surface area contributed by atoms with Crippen LogP contribution in [0.4, 0.5) is 0 Å². The molecule has 1 N–H and O–H groups in total. The first-order valence-electron chi connectivity index (χ1n) is 17.9. The highest BCUT2D eigenvalue weighted by atomic mass is 16.6. The number of likely N-dealkylation sites (tertiary alicyclic amines) is 1. The molecule has 6 aliphatic carbocycles. The first-order valence-corrected chi connectivity index (χ1v) is 17.9. The van der Waals surface area contributed by atoms with Crippen LogP contribution in [0.25, 0.3) is 0 Å². The molecular weight excluding hydrogens is 542 g/mol. The van der Waals surface area contributed by atoms with E-state index in [0.29, 0.717) is 79.9 Å². The monoisotopic (exact) mass is 599 g/mol.